The summed E-state index contributed by atoms with van der Waals surface area (Å²) in [7, 11) is 0. The van der Waals surface area contributed by atoms with Crippen LogP contribution in [-0.2, 0) is 16.1 Å². The summed E-state index contributed by atoms with van der Waals surface area (Å²) in [5.41, 5.74) is 1.69. The molecule has 0 spiro atoms. The third-order valence-electron chi connectivity index (χ3n) is 5.58. The van der Waals surface area contributed by atoms with Gasteiger partial charge in [-0.1, -0.05) is 6.07 Å². The highest BCUT2D eigenvalue weighted by molar-refractivity contribution is 6.04. The lowest BCUT2D eigenvalue weighted by atomic mass is 10.1. The molecule has 2 aliphatic heterocycles. The Morgan fingerprint density at radius 1 is 1.18 bits per heavy atom. The molecule has 33 heavy (non-hydrogen) atoms. The topological polar surface area (TPSA) is 96.5 Å². The quantitative estimate of drug-likeness (QED) is 0.576. The molecule has 8 nitrogen and oxygen atoms in total. The number of fused-ring (bicyclic) bond motifs is 1. The van der Waals surface area contributed by atoms with E-state index in [0.29, 0.717) is 42.5 Å². The highest BCUT2D eigenvalue weighted by atomic mass is 19.1. The monoisotopic (exact) mass is 451 g/mol. The predicted molar refractivity (Wildman–Crippen MR) is 116 cm³/mol. The molecule has 1 aromatic carbocycles. The average molecular weight is 451 g/mol. The third kappa shape index (κ3) is 4.00. The average Bonchev–Trinajstić information content (AvgIpc) is 3.20. The minimum atomic E-state index is -0.743. The second-order valence-corrected chi connectivity index (χ2v) is 7.67. The lowest BCUT2D eigenvalue weighted by Gasteiger charge is -2.31. The lowest BCUT2D eigenvalue weighted by molar-refractivity contribution is -0.118. The van der Waals surface area contributed by atoms with Gasteiger partial charge in [0.25, 0.3) is 5.91 Å². The first kappa shape index (κ1) is 21.0. The van der Waals surface area contributed by atoms with Gasteiger partial charge in [0, 0.05) is 6.54 Å². The number of amides is 1. The fourth-order valence-electron chi connectivity index (χ4n) is 3.98. The third-order valence-corrected chi connectivity index (χ3v) is 5.58. The Morgan fingerprint density at radius 3 is 2.73 bits per heavy atom. The number of anilines is 3. The molecule has 0 radical (unpaired) electrons. The number of rotatable bonds is 5. The van der Waals surface area contributed by atoms with Crippen molar-refractivity contribution in [1.82, 2.24) is 15.3 Å². The molecule has 1 amide bonds. The Labute approximate surface area is 187 Å². The Hall–Kier alpha value is -3.92. The van der Waals surface area contributed by atoms with Gasteiger partial charge in [0.15, 0.2) is 6.29 Å². The molecule has 0 saturated carbocycles. The molecule has 1 fully saturated rings. The number of carbonyl (C=O) groups excluding carboxylic acids is 2. The highest BCUT2D eigenvalue weighted by Gasteiger charge is 2.27. The van der Waals surface area contributed by atoms with Gasteiger partial charge in [0.1, 0.15) is 23.6 Å². The molecule has 2 N–H and O–H groups in total. The Bertz CT molecular complexity index is 1220. The van der Waals surface area contributed by atoms with E-state index in [9.17, 15) is 18.4 Å². The maximum absolute atomic E-state index is 14.4. The number of hydrogen-bond acceptors (Lipinski definition) is 7. The number of ether oxygens (including phenoxy) is 1. The Balaban J connectivity index is 1.46. The van der Waals surface area contributed by atoms with Gasteiger partial charge < -0.3 is 25.1 Å². The van der Waals surface area contributed by atoms with Crippen LogP contribution >= 0.6 is 0 Å². The van der Waals surface area contributed by atoms with Gasteiger partial charge in [-0.3, -0.25) is 4.79 Å². The molecule has 0 bridgehead atoms. The van der Waals surface area contributed by atoms with Crippen molar-refractivity contribution in [3.63, 3.8) is 0 Å². The van der Waals surface area contributed by atoms with Crippen molar-refractivity contribution in [2.24, 2.45) is 0 Å². The van der Waals surface area contributed by atoms with Crippen LogP contribution in [-0.4, -0.2) is 48.0 Å². The number of hydrogen-bond donors (Lipinski definition) is 2. The number of carbonyl (C=O) groups is 2. The zero-order valence-corrected chi connectivity index (χ0v) is 17.3. The summed E-state index contributed by atoms with van der Waals surface area (Å²) in [6.45, 7) is 1.67. The zero-order valence-electron chi connectivity index (χ0n) is 17.3. The van der Waals surface area contributed by atoms with E-state index in [-0.39, 0.29) is 23.7 Å². The van der Waals surface area contributed by atoms with Crippen molar-refractivity contribution < 1.29 is 23.1 Å². The smallest absolute Gasteiger partial charge is 0.255 e. The standard InChI is InChI=1S/C23H19F2N5O3/c24-15-2-1-3-16(25)21(15)17-8-18(22-19(28-17)10-27-23(22)32)29-20-5-4-13(9-26-20)30-6-7-33-14(11-30)12-31/h1-5,8-9,12,14H,6-7,10-11H2,(H,27,32)(H,26,28,29). The molecule has 5 rings (SSSR count). The number of benzene rings is 1. The van der Waals surface area contributed by atoms with Crippen molar-refractivity contribution in [3.8, 4) is 11.3 Å². The number of morpholine rings is 1. The van der Waals surface area contributed by atoms with Crippen molar-refractivity contribution in [2.75, 3.05) is 29.9 Å². The van der Waals surface area contributed by atoms with E-state index >= 15 is 0 Å². The molecule has 1 saturated heterocycles. The largest absolute Gasteiger partial charge is 0.367 e. The SMILES string of the molecule is O=CC1CN(c2ccc(Nc3cc(-c4c(F)cccc4F)nc4c3C(=O)NC4)nc2)CCO1. The van der Waals surface area contributed by atoms with Crippen LogP contribution in [0.5, 0.6) is 0 Å². The summed E-state index contributed by atoms with van der Waals surface area (Å²) in [6, 6.07) is 8.60. The van der Waals surface area contributed by atoms with E-state index in [1.54, 1.807) is 12.3 Å². The van der Waals surface area contributed by atoms with Crippen LogP contribution in [0.4, 0.5) is 26.0 Å². The summed E-state index contributed by atoms with van der Waals surface area (Å²) >= 11 is 0. The molecule has 10 heteroatoms. The molecular formula is C23H19F2N5O3. The first-order chi connectivity index (χ1) is 16.0. The molecule has 168 valence electrons. The summed E-state index contributed by atoms with van der Waals surface area (Å²) in [6.07, 6.45) is 1.95. The molecular weight excluding hydrogens is 432 g/mol. The number of halogens is 2. The molecule has 4 heterocycles. The van der Waals surface area contributed by atoms with E-state index in [2.05, 4.69) is 20.6 Å². The van der Waals surface area contributed by atoms with Gasteiger partial charge >= 0.3 is 0 Å². The highest BCUT2D eigenvalue weighted by Crippen LogP contribution is 2.33. The van der Waals surface area contributed by atoms with Crippen LogP contribution in [0.15, 0.2) is 42.6 Å². The molecule has 0 aliphatic carbocycles. The van der Waals surface area contributed by atoms with E-state index in [4.69, 9.17) is 4.74 Å². The van der Waals surface area contributed by atoms with E-state index < -0.39 is 17.7 Å². The Kier molecular flexibility index (Phi) is 5.43. The molecule has 2 aromatic heterocycles. The summed E-state index contributed by atoms with van der Waals surface area (Å²) < 4.78 is 34.1. The predicted octanol–water partition coefficient (Wildman–Crippen LogP) is 2.81. The zero-order chi connectivity index (χ0) is 22.9. The number of aromatic nitrogens is 2. The maximum Gasteiger partial charge on any atom is 0.255 e. The van der Waals surface area contributed by atoms with Gasteiger partial charge in [-0.25, -0.2) is 18.7 Å². The van der Waals surface area contributed by atoms with Crippen LogP contribution in [0.2, 0.25) is 0 Å². The van der Waals surface area contributed by atoms with Gasteiger partial charge in [-0.15, -0.1) is 0 Å². The van der Waals surface area contributed by atoms with Crippen LogP contribution in [0.25, 0.3) is 11.3 Å². The summed E-state index contributed by atoms with van der Waals surface area (Å²) in [5.74, 6) is -1.38. The van der Waals surface area contributed by atoms with E-state index in [1.165, 1.54) is 12.1 Å². The molecule has 3 aromatic rings. The van der Waals surface area contributed by atoms with Gasteiger partial charge in [-0.2, -0.15) is 0 Å². The minimum absolute atomic E-state index is 0.0770. The Morgan fingerprint density at radius 2 is 2.00 bits per heavy atom. The number of pyridine rings is 2. The number of aldehydes is 1. The lowest BCUT2D eigenvalue weighted by Crippen LogP contribution is -2.43. The molecule has 1 atom stereocenters. The van der Waals surface area contributed by atoms with E-state index in [1.807, 2.05) is 11.0 Å². The fourth-order valence-corrected chi connectivity index (χ4v) is 3.98. The second-order valence-electron chi connectivity index (χ2n) is 7.67. The van der Waals surface area contributed by atoms with Crippen LogP contribution in [0.3, 0.4) is 0 Å². The maximum atomic E-state index is 14.4. The van der Waals surface area contributed by atoms with Crippen molar-refractivity contribution in [1.29, 1.82) is 0 Å². The number of nitrogens with one attached hydrogen (secondary N) is 2. The molecule has 1 unspecified atom stereocenters. The second kappa shape index (κ2) is 8.55. The summed E-state index contributed by atoms with van der Waals surface area (Å²) in [4.78, 5) is 34.1. The van der Waals surface area contributed by atoms with E-state index in [0.717, 1.165) is 24.1 Å². The molecule has 2 aliphatic rings. The van der Waals surface area contributed by atoms with Crippen molar-refractivity contribution >= 4 is 29.4 Å². The van der Waals surface area contributed by atoms with Crippen molar-refractivity contribution in [2.45, 2.75) is 12.6 Å². The van der Waals surface area contributed by atoms with Gasteiger partial charge in [0.05, 0.1) is 59.8 Å². The van der Waals surface area contributed by atoms with Gasteiger partial charge in [0.2, 0.25) is 0 Å². The minimum Gasteiger partial charge on any atom is -0.367 e. The van der Waals surface area contributed by atoms with Crippen molar-refractivity contribution in [3.05, 3.63) is 65.5 Å². The van der Waals surface area contributed by atoms with Gasteiger partial charge in [-0.05, 0) is 30.3 Å². The summed E-state index contributed by atoms with van der Waals surface area (Å²) in [5, 5.41) is 5.76. The van der Waals surface area contributed by atoms with Crippen LogP contribution < -0.4 is 15.5 Å². The first-order valence-corrected chi connectivity index (χ1v) is 10.3. The van der Waals surface area contributed by atoms with Crippen LogP contribution in [0.1, 0.15) is 16.1 Å². The first-order valence-electron chi connectivity index (χ1n) is 10.3. The normalized spacial score (nSPS) is 17.5. The number of nitrogens with zero attached hydrogens (tertiary/aromatic N) is 3. The fraction of sp³-hybridized carbons (Fsp3) is 0.217. The van der Waals surface area contributed by atoms with Crippen LogP contribution in [0, 0.1) is 11.6 Å².